The topological polar surface area (TPSA) is 197 Å². The van der Waals surface area contributed by atoms with Gasteiger partial charge in [-0.25, -0.2) is 29.3 Å². The number of nitrogens with zero attached hydrogens (tertiary/aromatic N) is 10. The summed E-state index contributed by atoms with van der Waals surface area (Å²) in [6.45, 7) is 5.13. The van der Waals surface area contributed by atoms with Gasteiger partial charge in [-0.2, -0.15) is 10.2 Å². The number of pyridine rings is 2. The Kier molecular flexibility index (Phi) is 7.57. The second-order valence-electron chi connectivity index (χ2n) is 9.47. The van der Waals surface area contributed by atoms with E-state index in [1.807, 2.05) is 0 Å². The molecule has 218 valence electrons. The molecule has 0 fully saturated rings. The third kappa shape index (κ3) is 5.48. The van der Waals surface area contributed by atoms with Crippen molar-refractivity contribution in [3.8, 4) is 11.6 Å². The largest absolute Gasteiger partial charge is 0.302 e. The molecule has 0 atom stereocenters. The van der Waals surface area contributed by atoms with Crippen LogP contribution in [0.3, 0.4) is 0 Å². The quantitative estimate of drug-likeness (QED) is 0.265. The summed E-state index contributed by atoms with van der Waals surface area (Å²) in [5.41, 5.74) is 1.90. The van der Waals surface area contributed by atoms with E-state index >= 15 is 0 Å². The van der Waals surface area contributed by atoms with E-state index in [4.69, 9.17) is 0 Å². The summed E-state index contributed by atoms with van der Waals surface area (Å²) in [5.74, 6) is 0.426. The predicted octanol–water partition coefficient (Wildman–Crippen LogP) is 0.765. The van der Waals surface area contributed by atoms with E-state index in [2.05, 4.69) is 40.3 Å². The molecule has 0 aliphatic heterocycles. The van der Waals surface area contributed by atoms with Crippen molar-refractivity contribution in [2.45, 2.75) is 20.8 Å². The second-order valence-corrected chi connectivity index (χ2v) is 9.47. The number of aromatic amines is 2. The smallest absolute Gasteiger partial charge is 0.277 e. The van der Waals surface area contributed by atoms with E-state index in [0.717, 1.165) is 0 Å². The summed E-state index contributed by atoms with van der Waals surface area (Å²) in [7, 11) is 3.13. The first-order chi connectivity index (χ1) is 20.6. The fraction of sp³-hybridized carbons (Fsp3) is 0.185. The maximum atomic E-state index is 12.6. The normalized spacial score (nSPS) is 10.8. The zero-order chi connectivity index (χ0) is 30.8. The number of hydrogen-bond acceptors (Lipinski definition) is 10. The maximum Gasteiger partial charge on any atom is 0.277 e. The molecule has 0 saturated carbocycles. The molecule has 0 radical (unpaired) electrons. The van der Waals surface area contributed by atoms with Crippen LogP contribution >= 0.6 is 0 Å². The maximum absolute atomic E-state index is 12.6. The highest BCUT2D eigenvalue weighted by molar-refractivity contribution is 6.10. The molecular formula is C27H26N12O4. The molecule has 6 aromatic rings. The monoisotopic (exact) mass is 582 g/mol. The molecule has 16 heteroatoms. The van der Waals surface area contributed by atoms with Gasteiger partial charge < -0.3 is 5.10 Å². The number of carbonyl (C=O) groups is 2. The molecule has 0 unspecified atom stereocenters. The van der Waals surface area contributed by atoms with Crippen LogP contribution in [0, 0.1) is 20.8 Å². The van der Waals surface area contributed by atoms with Crippen molar-refractivity contribution in [2.75, 3.05) is 0 Å². The van der Waals surface area contributed by atoms with Crippen molar-refractivity contribution < 1.29 is 9.59 Å². The number of aromatic nitrogens is 12. The molecule has 0 aromatic carbocycles. The van der Waals surface area contributed by atoms with Gasteiger partial charge >= 0.3 is 0 Å². The Labute approximate surface area is 242 Å². The van der Waals surface area contributed by atoms with E-state index < -0.39 is 0 Å². The van der Waals surface area contributed by atoms with Crippen LogP contribution in [0.15, 0.2) is 65.4 Å². The summed E-state index contributed by atoms with van der Waals surface area (Å²) in [6.07, 6.45) is 7.25. The summed E-state index contributed by atoms with van der Waals surface area (Å²) in [6, 6.07) is 6.61. The van der Waals surface area contributed by atoms with Crippen molar-refractivity contribution in [1.29, 1.82) is 0 Å². The van der Waals surface area contributed by atoms with Crippen LogP contribution < -0.4 is 11.1 Å². The van der Waals surface area contributed by atoms with Crippen LogP contribution in [0.1, 0.15) is 48.9 Å². The van der Waals surface area contributed by atoms with Crippen molar-refractivity contribution in [2.24, 2.45) is 14.1 Å². The second kappa shape index (κ2) is 11.4. The molecule has 6 rings (SSSR count). The Morgan fingerprint density at radius 1 is 0.698 bits per heavy atom. The summed E-state index contributed by atoms with van der Waals surface area (Å²) >= 11 is 0. The van der Waals surface area contributed by atoms with Crippen LogP contribution in [0.5, 0.6) is 0 Å². The minimum atomic E-state index is -0.361. The number of rotatable bonds is 6. The lowest BCUT2D eigenvalue weighted by molar-refractivity contribution is 0.102. The standard InChI is InChI=1S/C14H14N6O2.C13H12N6O2/c1-8-10(4-5-11(17-8)20-7-15-6-16-20)13(21)12-9(2)18-19(3)14(12)22;1-8-9(12(20)10-5-15-18(2)13(10)21)3-4-11(17-8)19-7-14-6-16-19/h4-7,18H,1-3H3;3-7,15H,1-2H3. The van der Waals surface area contributed by atoms with Crippen molar-refractivity contribution in [1.82, 2.24) is 59.1 Å². The Hall–Kier alpha value is -6.06. The highest BCUT2D eigenvalue weighted by Crippen LogP contribution is 2.15. The fourth-order valence-corrected chi connectivity index (χ4v) is 4.34. The van der Waals surface area contributed by atoms with E-state index in [0.29, 0.717) is 39.8 Å². The fourth-order valence-electron chi connectivity index (χ4n) is 4.34. The molecule has 2 N–H and O–H groups in total. The third-order valence-electron chi connectivity index (χ3n) is 6.58. The number of hydrogen-bond donors (Lipinski definition) is 2. The zero-order valence-electron chi connectivity index (χ0n) is 23.8. The van der Waals surface area contributed by atoms with Gasteiger partial charge in [-0.05, 0) is 45.0 Å². The summed E-state index contributed by atoms with van der Waals surface area (Å²) in [4.78, 5) is 65.2. The first-order valence-corrected chi connectivity index (χ1v) is 12.8. The Bertz CT molecular complexity index is 2060. The lowest BCUT2D eigenvalue weighted by Crippen LogP contribution is -2.20. The van der Waals surface area contributed by atoms with Gasteiger partial charge in [0.2, 0.25) is 11.6 Å². The molecule has 6 heterocycles. The average molecular weight is 583 g/mol. The highest BCUT2D eigenvalue weighted by atomic mass is 16.2. The van der Waals surface area contributed by atoms with Crippen LogP contribution in [-0.4, -0.2) is 70.6 Å². The number of nitrogens with one attached hydrogen (secondary N) is 2. The van der Waals surface area contributed by atoms with Crippen molar-refractivity contribution in [3.05, 3.63) is 116 Å². The third-order valence-corrected chi connectivity index (χ3v) is 6.58. The van der Waals surface area contributed by atoms with Gasteiger partial charge in [-0.3, -0.25) is 33.6 Å². The van der Waals surface area contributed by atoms with Crippen LogP contribution in [0.2, 0.25) is 0 Å². The molecule has 43 heavy (non-hydrogen) atoms. The first kappa shape index (κ1) is 28.5. The van der Waals surface area contributed by atoms with Gasteiger partial charge in [-0.15, -0.1) is 0 Å². The number of carbonyl (C=O) groups excluding carboxylic acids is 2. The number of H-pyrrole nitrogens is 2. The average Bonchev–Trinajstić information content (AvgIpc) is 3.79. The van der Waals surface area contributed by atoms with E-state index in [1.54, 1.807) is 59.1 Å². The zero-order valence-corrected chi connectivity index (χ0v) is 23.8. The summed E-state index contributed by atoms with van der Waals surface area (Å²) in [5, 5.41) is 13.5. The van der Waals surface area contributed by atoms with Crippen molar-refractivity contribution >= 4 is 11.6 Å². The SMILES string of the molecule is Cc1nc(-n2cncn2)ccc1C(=O)c1c(C)[nH]n(C)c1=O.Cc1nc(-n2cncn2)ccc1C(=O)c1c[nH]n(C)c1=O. The van der Waals surface area contributed by atoms with E-state index in [-0.39, 0.29) is 33.8 Å². The van der Waals surface area contributed by atoms with E-state index in [9.17, 15) is 19.2 Å². The molecule has 0 bridgehead atoms. The molecule has 0 spiro atoms. The minimum absolute atomic E-state index is 0.0934. The van der Waals surface area contributed by atoms with Gasteiger partial charge in [0, 0.05) is 37.1 Å². The van der Waals surface area contributed by atoms with Gasteiger partial charge in [0.15, 0.2) is 11.6 Å². The van der Waals surface area contributed by atoms with Gasteiger partial charge in [0.05, 0.1) is 11.4 Å². The molecule has 16 nitrogen and oxygen atoms in total. The lowest BCUT2D eigenvalue weighted by Gasteiger charge is -2.06. The van der Waals surface area contributed by atoms with Gasteiger partial charge in [0.1, 0.15) is 36.4 Å². The predicted molar refractivity (Wildman–Crippen MR) is 151 cm³/mol. The van der Waals surface area contributed by atoms with Gasteiger partial charge in [0.25, 0.3) is 11.1 Å². The van der Waals surface area contributed by atoms with Gasteiger partial charge in [-0.1, -0.05) is 0 Å². The molecule has 0 aliphatic rings. The highest BCUT2D eigenvalue weighted by Gasteiger charge is 2.22. The summed E-state index contributed by atoms with van der Waals surface area (Å²) < 4.78 is 5.54. The number of aryl methyl sites for hydroxylation is 5. The number of ketones is 2. The minimum Gasteiger partial charge on any atom is -0.302 e. The molecule has 6 aromatic heterocycles. The first-order valence-electron chi connectivity index (χ1n) is 12.8. The van der Waals surface area contributed by atoms with Crippen LogP contribution in [-0.2, 0) is 14.1 Å². The molecular weight excluding hydrogens is 556 g/mol. The van der Waals surface area contributed by atoms with Crippen molar-refractivity contribution in [3.63, 3.8) is 0 Å². The van der Waals surface area contributed by atoms with E-state index in [1.165, 1.54) is 50.2 Å². The Balaban J connectivity index is 0.000000171. The molecule has 0 amide bonds. The lowest BCUT2D eigenvalue weighted by atomic mass is 10.0. The molecule has 0 aliphatic carbocycles. The Morgan fingerprint density at radius 2 is 1.23 bits per heavy atom. The van der Waals surface area contributed by atoms with Crippen LogP contribution in [0.25, 0.3) is 11.6 Å². The Morgan fingerprint density at radius 3 is 1.63 bits per heavy atom. The molecule has 0 saturated heterocycles. The van der Waals surface area contributed by atoms with Crippen LogP contribution in [0.4, 0.5) is 0 Å².